The molecule has 10 heteroatoms. The minimum absolute atomic E-state index is 0.0312. The van der Waals surface area contributed by atoms with Crippen LogP contribution in [0.15, 0.2) is 42.6 Å². The Bertz CT molecular complexity index is 1050. The highest BCUT2D eigenvalue weighted by atomic mass is 19.4. The van der Waals surface area contributed by atoms with Gasteiger partial charge in [-0.15, -0.1) is 0 Å². The second kappa shape index (κ2) is 10.3. The highest BCUT2D eigenvalue weighted by molar-refractivity contribution is 5.88. The number of aromatic nitrogens is 1. The highest BCUT2D eigenvalue weighted by Crippen LogP contribution is 2.32. The summed E-state index contributed by atoms with van der Waals surface area (Å²) >= 11 is 0. The summed E-state index contributed by atoms with van der Waals surface area (Å²) in [5, 5.41) is 2.80. The van der Waals surface area contributed by atoms with Gasteiger partial charge in [-0.05, 0) is 49.1 Å². The number of benzene rings is 1. The van der Waals surface area contributed by atoms with E-state index in [0.717, 1.165) is 62.4 Å². The van der Waals surface area contributed by atoms with E-state index < -0.39 is 17.3 Å². The molecule has 1 aromatic carbocycles. The Morgan fingerprint density at radius 2 is 1.97 bits per heavy atom. The lowest BCUT2D eigenvalue weighted by Crippen LogP contribution is -2.58. The molecule has 1 aromatic heterocycles. The lowest BCUT2D eigenvalue weighted by atomic mass is 9.89. The number of carbonyl (C=O) groups excluding carboxylic acids is 2. The van der Waals surface area contributed by atoms with Crippen molar-refractivity contribution in [1.82, 2.24) is 14.8 Å². The van der Waals surface area contributed by atoms with Crippen molar-refractivity contribution in [1.29, 1.82) is 0 Å². The summed E-state index contributed by atoms with van der Waals surface area (Å²) in [6.45, 7) is 4.54. The first-order chi connectivity index (χ1) is 16.6. The third kappa shape index (κ3) is 6.58. The van der Waals surface area contributed by atoms with Gasteiger partial charge >= 0.3 is 6.18 Å². The zero-order valence-corrected chi connectivity index (χ0v) is 19.6. The molecule has 2 amide bonds. The number of alkyl halides is 3. The Morgan fingerprint density at radius 1 is 1.20 bits per heavy atom. The van der Waals surface area contributed by atoms with Crippen LogP contribution >= 0.6 is 0 Å². The first-order valence-corrected chi connectivity index (χ1v) is 11.6. The lowest BCUT2D eigenvalue weighted by Gasteiger charge is -2.47. The molecule has 4 rings (SSSR count). The molecule has 2 aliphatic heterocycles. The van der Waals surface area contributed by atoms with E-state index >= 15 is 0 Å². The molecule has 1 N–H and O–H groups in total. The number of morpholine rings is 1. The van der Waals surface area contributed by atoms with E-state index in [-0.39, 0.29) is 25.0 Å². The summed E-state index contributed by atoms with van der Waals surface area (Å²) in [6.07, 6.45) is -1.25. The Morgan fingerprint density at radius 3 is 2.63 bits per heavy atom. The molecule has 0 bridgehead atoms. The third-order valence-corrected chi connectivity index (χ3v) is 6.57. The molecule has 188 valence electrons. The summed E-state index contributed by atoms with van der Waals surface area (Å²) in [6, 6.07) is 10.1. The number of carbonyl (C=O) groups is 2. The Kier molecular flexibility index (Phi) is 7.42. The number of ether oxygens (including phenoxy) is 1. The molecule has 2 saturated heterocycles. The van der Waals surface area contributed by atoms with Crippen molar-refractivity contribution in [3.05, 3.63) is 59.4 Å². The first kappa shape index (κ1) is 25.1. The van der Waals surface area contributed by atoms with Crippen molar-refractivity contribution in [2.75, 3.05) is 38.1 Å². The number of likely N-dealkylation sites (tertiary alicyclic amines) is 1. The van der Waals surface area contributed by atoms with E-state index in [9.17, 15) is 22.8 Å². The van der Waals surface area contributed by atoms with Crippen molar-refractivity contribution >= 4 is 17.5 Å². The van der Waals surface area contributed by atoms with Crippen LogP contribution in [0.5, 0.6) is 0 Å². The van der Waals surface area contributed by atoms with Crippen molar-refractivity contribution in [2.45, 2.75) is 44.5 Å². The van der Waals surface area contributed by atoms with Gasteiger partial charge < -0.3 is 19.9 Å². The van der Waals surface area contributed by atoms with Gasteiger partial charge in [-0.1, -0.05) is 12.1 Å². The monoisotopic (exact) mass is 490 g/mol. The predicted octanol–water partition coefficient (Wildman–Crippen LogP) is 3.49. The predicted molar refractivity (Wildman–Crippen MR) is 123 cm³/mol. The molecule has 0 saturated carbocycles. The van der Waals surface area contributed by atoms with E-state index in [4.69, 9.17) is 4.74 Å². The summed E-state index contributed by atoms with van der Waals surface area (Å²) < 4.78 is 44.3. The minimum Gasteiger partial charge on any atom is -0.363 e. The first-order valence-electron chi connectivity index (χ1n) is 11.6. The zero-order chi connectivity index (χ0) is 25.1. The molecule has 1 spiro atoms. The number of halogens is 3. The smallest absolute Gasteiger partial charge is 0.363 e. The number of rotatable bonds is 6. The average molecular weight is 491 g/mol. The summed E-state index contributed by atoms with van der Waals surface area (Å²) in [5.41, 5.74) is 1.10. The highest BCUT2D eigenvalue weighted by Gasteiger charge is 2.42. The average Bonchev–Trinajstić information content (AvgIpc) is 2.81. The van der Waals surface area contributed by atoms with Gasteiger partial charge in [0.2, 0.25) is 11.8 Å². The van der Waals surface area contributed by atoms with Crippen molar-refractivity contribution in [2.24, 2.45) is 0 Å². The van der Waals surface area contributed by atoms with Crippen LogP contribution in [0.4, 0.5) is 18.9 Å². The molecule has 2 aliphatic rings. The van der Waals surface area contributed by atoms with Gasteiger partial charge in [-0.3, -0.25) is 14.6 Å². The van der Waals surface area contributed by atoms with E-state index in [1.54, 1.807) is 4.90 Å². The summed E-state index contributed by atoms with van der Waals surface area (Å²) in [5.74, 6) is -0.281. The van der Waals surface area contributed by atoms with Crippen LogP contribution in [0.25, 0.3) is 0 Å². The van der Waals surface area contributed by atoms with Gasteiger partial charge in [-0.25, -0.2) is 0 Å². The second-order valence-electron chi connectivity index (χ2n) is 9.23. The molecule has 0 atom stereocenters. The van der Waals surface area contributed by atoms with Gasteiger partial charge in [0.15, 0.2) is 0 Å². The van der Waals surface area contributed by atoms with Crippen LogP contribution in [-0.4, -0.2) is 65.0 Å². The van der Waals surface area contributed by atoms with Crippen molar-refractivity contribution in [3.63, 3.8) is 0 Å². The van der Waals surface area contributed by atoms with Crippen LogP contribution in [0.2, 0.25) is 0 Å². The molecular formula is C25H29F3N4O3. The number of anilines is 1. The van der Waals surface area contributed by atoms with Crippen molar-refractivity contribution in [3.8, 4) is 0 Å². The summed E-state index contributed by atoms with van der Waals surface area (Å²) in [7, 11) is 0. The molecular weight excluding hydrogens is 461 g/mol. The number of pyridine rings is 1. The molecule has 0 aliphatic carbocycles. The van der Waals surface area contributed by atoms with E-state index in [1.807, 2.05) is 24.3 Å². The number of piperidine rings is 1. The van der Waals surface area contributed by atoms with Gasteiger partial charge in [0.1, 0.15) is 6.61 Å². The van der Waals surface area contributed by atoms with Gasteiger partial charge in [-0.2, -0.15) is 13.2 Å². The quantitative estimate of drug-likeness (QED) is 0.671. The molecule has 2 aromatic rings. The van der Waals surface area contributed by atoms with Crippen LogP contribution in [0.1, 0.15) is 36.6 Å². The minimum atomic E-state index is -4.44. The van der Waals surface area contributed by atoms with Gasteiger partial charge in [0.25, 0.3) is 0 Å². The number of hydrogen-bond acceptors (Lipinski definition) is 5. The van der Waals surface area contributed by atoms with Crippen LogP contribution in [0, 0.1) is 0 Å². The number of nitrogens with one attached hydrogen (secondary N) is 1. The molecule has 0 unspecified atom stereocenters. The molecule has 7 nitrogen and oxygen atoms in total. The Balaban J connectivity index is 1.29. The van der Waals surface area contributed by atoms with Crippen LogP contribution < -0.4 is 5.32 Å². The second-order valence-corrected chi connectivity index (χ2v) is 9.23. The zero-order valence-electron chi connectivity index (χ0n) is 19.6. The van der Waals surface area contributed by atoms with Gasteiger partial charge in [0, 0.05) is 38.4 Å². The Labute approximate surface area is 202 Å². The molecule has 3 heterocycles. The lowest BCUT2D eigenvalue weighted by molar-refractivity contribution is -0.172. The standard InChI is InChI=1S/C25H29F3N4O3/c1-18(33)30-21-4-2-3-19(13-21)7-10-31-11-8-24(9-12-31)17-32(23(34)16-35-24)15-22-6-5-20(14-29-22)25(26,27)28/h2-6,13-14H,7-12,15-17H2,1H3,(H,30,33). The van der Waals surface area contributed by atoms with E-state index in [2.05, 4.69) is 15.2 Å². The number of hydrogen-bond donors (Lipinski definition) is 1. The maximum absolute atomic E-state index is 12.8. The normalized spacial score (nSPS) is 18.6. The van der Waals surface area contributed by atoms with Crippen LogP contribution in [0.3, 0.4) is 0 Å². The fourth-order valence-electron chi connectivity index (χ4n) is 4.59. The van der Waals surface area contributed by atoms with E-state index in [0.29, 0.717) is 12.2 Å². The molecule has 0 radical (unpaired) electrons. The number of amides is 2. The SMILES string of the molecule is CC(=O)Nc1cccc(CCN2CCC3(CC2)CN(Cc2ccc(C(F)(F)F)cn2)C(=O)CO3)c1. The third-order valence-electron chi connectivity index (χ3n) is 6.57. The fraction of sp³-hybridized carbons (Fsp3) is 0.480. The van der Waals surface area contributed by atoms with Crippen molar-refractivity contribution < 1.29 is 27.5 Å². The maximum Gasteiger partial charge on any atom is 0.417 e. The van der Waals surface area contributed by atoms with Gasteiger partial charge in [0.05, 0.1) is 29.9 Å². The summed E-state index contributed by atoms with van der Waals surface area (Å²) in [4.78, 5) is 31.6. The largest absolute Gasteiger partial charge is 0.417 e. The fourth-order valence-corrected chi connectivity index (χ4v) is 4.59. The number of nitrogens with zero attached hydrogens (tertiary/aromatic N) is 3. The van der Waals surface area contributed by atoms with Crippen LogP contribution in [-0.2, 0) is 33.5 Å². The molecule has 35 heavy (non-hydrogen) atoms. The topological polar surface area (TPSA) is 74.8 Å². The molecule has 2 fully saturated rings. The van der Waals surface area contributed by atoms with E-state index in [1.165, 1.54) is 13.0 Å². The Hall–Kier alpha value is -2.98. The maximum atomic E-state index is 12.8.